The first-order valence-corrected chi connectivity index (χ1v) is 9.04. The number of rotatable bonds is 7. The van der Waals surface area contributed by atoms with Gasteiger partial charge in [-0.15, -0.1) is 10.2 Å². The summed E-state index contributed by atoms with van der Waals surface area (Å²) < 4.78 is 7.82. The summed E-state index contributed by atoms with van der Waals surface area (Å²) in [5, 5.41) is 18.3. The van der Waals surface area contributed by atoms with Gasteiger partial charge in [0.05, 0.1) is 18.2 Å². The largest absolute Gasteiger partial charge is 0.493 e. The first kappa shape index (κ1) is 17.1. The minimum absolute atomic E-state index is 0.563. The Labute approximate surface area is 151 Å². The fourth-order valence-electron chi connectivity index (χ4n) is 2.40. The second-order valence-electron chi connectivity index (χ2n) is 5.25. The van der Waals surface area contributed by atoms with Crippen LogP contribution in [0.15, 0.2) is 59.8 Å². The van der Waals surface area contributed by atoms with E-state index >= 15 is 0 Å². The molecule has 0 fully saturated rings. The molecule has 3 rings (SSSR count). The lowest BCUT2D eigenvalue weighted by Gasteiger charge is -2.08. The van der Waals surface area contributed by atoms with Crippen LogP contribution in [0.4, 0.5) is 0 Å². The zero-order chi connectivity index (χ0) is 17.5. The van der Waals surface area contributed by atoms with E-state index in [-0.39, 0.29) is 0 Å². The first-order chi connectivity index (χ1) is 12.3. The van der Waals surface area contributed by atoms with E-state index in [2.05, 4.69) is 27.8 Å². The number of hydrogen-bond acceptors (Lipinski definition) is 5. The summed E-state index contributed by atoms with van der Waals surface area (Å²) in [6.45, 7) is 3.47. The average Bonchev–Trinajstić information content (AvgIpc) is 3.09. The molecule has 0 saturated heterocycles. The molecule has 1 aromatic heterocycles. The van der Waals surface area contributed by atoms with Gasteiger partial charge in [-0.1, -0.05) is 42.1 Å². The van der Waals surface area contributed by atoms with Crippen molar-refractivity contribution >= 4 is 11.8 Å². The Kier molecular flexibility index (Phi) is 5.70. The molecule has 0 aliphatic heterocycles. The van der Waals surface area contributed by atoms with Gasteiger partial charge in [-0.3, -0.25) is 0 Å². The molecular formula is C19H18N4OS. The number of hydrogen-bond donors (Lipinski definition) is 0. The molecule has 0 unspecified atom stereocenters. The highest BCUT2D eigenvalue weighted by Crippen LogP contribution is 2.23. The van der Waals surface area contributed by atoms with Crippen LogP contribution in [0, 0.1) is 11.3 Å². The molecule has 0 saturated carbocycles. The van der Waals surface area contributed by atoms with E-state index in [4.69, 9.17) is 10.00 Å². The van der Waals surface area contributed by atoms with Crippen molar-refractivity contribution in [2.24, 2.45) is 0 Å². The maximum absolute atomic E-state index is 8.79. The number of nitriles is 1. The first-order valence-electron chi connectivity index (χ1n) is 8.06. The number of nitrogens with zero attached hydrogens (tertiary/aromatic N) is 4. The summed E-state index contributed by atoms with van der Waals surface area (Å²) >= 11 is 1.63. The highest BCUT2D eigenvalue weighted by molar-refractivity contribution is 7.99. The van der Waals surface area contributed by atoms with Crippen molar-refractivity contribution in [1.82, 2.24) is 14.8 Å². The van der Waals surface area contributed by atoms with E-state index < -0.39 is 0 Å². The third-order valence-corrected chi connectivity index (χ3v) is 4.56. The molecule has 1 heterocycles. The van der Waals surface area contributed by atoms with Crippen molar-refractivity contribution in [3.63, 3.8) is 0 Å². The third kappa shape index (κ3) is 4.20. The molecule has 6 heteroatoms. The maximum Gasteiger partial charge on any atom is 0.191 e. The second kappa shape index (κ2) is 8.36. The molecule has 0 spiro atoms. The van der Waals surface area contributed by atoms with Crippen LogP contribution in [-0.4, -0.2) is 27.1 Å². The molecule has 3 aromatic rings. The van der Waals surface area contributed by atoms with Gasteiger partial charge in [0.2, 0.25) is 0 Å². The Morgan fingerprint density at radius 2 is 1.84 bits per heavy atom. The zero-order valence-electron chi connectivity index (χ0n) is 13.9. The molecule has 0 atom stereocenters. The highest BCUT2D eigenvalue weighted by atomic mass is 32.2. The second-order valence-corrected chi connectivity index (χ2v) is 6.31. The quantitative estimate of drug-likeness (QED) is 0.476. The predicted octanol–water partition coefficient (Wildman–Crippen LogP) is 4.01. The van der Waals surface area contributed by atoms with Gasteiger partial charge in [0.1, 0.15) is 5.75 Å². The third-order valence-electron chi connectivity index (χ3n) is 3.63. The molecule has 0 aliphatic rings. The normalized spacial score (nSPS) is 10.4. The molecule has 0 amide bonds. The van der Waals surface area contributed by atoms with Gasteiger partial charge < -0.3 is 9.30 Å². The van der Waals surface area contributed by atoms with Gasteiger partial charge in [0.25, 0.3) is 0 Å². The highest BCUT2D eigenvalue weighted by Gasteiger charge is 2.12. The van der Waals surface area contributed by atoms with Crippen LogP contribution in [-0.2, 0) is 6.54 Å². The molecule has 0 bridgehead atoms. The standard InChI is InChI=1S/C19H18N4OS/c1-2-23-18(16-6-4-3-5-7-16)21-22-19(23)25-13-12-24-17-10-8-15(14-20)9-11-17/h3-11H,2,12-13H2,1H3. The van der Waals surface area contributed by atoms with E-state index in [1.165, 1.54) is 0 Å². The number of benzene rings is 2. The van der Waals surface area contributed by atoms with E-state index in [1.807, 2.05) is 42.5 Å². The van der Waals surface area contributed by atoms with E-state index in [0.717, 1.165) is 34.6 Å². The number of thioether (sulfide) groups is 1. The minimum Gasteiger partial charge on any atom is -0.493 e. The summed E-state index contributed by atoms with van der Waals surface area (Å²) in [6, 6.07) is 19.3. The van der Waals surface area contributed by atoms with Gasteiger partial charge >= 0.3 is 0 Å². The van der Waals surface area contributed by atoms with Crippen molar-refractivity contribution in [3.8, 4) is 23.2 Å². The van der Waals surface area contributed by atoms with Crippen LogP contribution in [0.2, 0.25) is 0 Å². The fourth-order valence-corrected chi connectivity index (χ4v) is 3.22. The summed E-state index contributed by atoms with van der Waals surface area (Å²) in [4.78, 5) is 0. The van der Waals surface area contributed by atoms with Crippen LogP contribution in [0.3, 0.4) is 0 Å². The zero-order valence-corrected chi connectivity index (χ0v) is 14.7. The molecule has 25 heavy (non-hydrogen) atoms. The van der Waals surface area contributed by atoms with Crippen molar-refractivity contribution in [2.75, 3.05) is 12.4 Å². The smallest absolute Gasteiger partial charge is 0.191 e. The Morgan fingerprint density at radius 1 is 1.08 bits per heavy atom. The molecule has 0 radical (unpaired) electrons. The summed E-state index contributed by atoms with van der Waals surface area (Å²) in [5.74, 6) is 2.42. The predicted molar refractivity (Wildman–Crippen MR) is 98.5 cm³/mol. The molecule has 2 aromatic carbocycles. The lowest BCUT2D eigenvalue weighted by atomic mass is 10.2. The minimum atomic E-state index is 0.563. The van der Waals surface area contributed by atoms with Crippen LogP contribution in [0.25, 0.3) is 11.4 Å². The van der Waals surface area contributed by atoms with E-state index in [9.17, 15) is 0 Å². The van der Waals surface area contributed by atoms with Crippen molar-refractivity contribution in [1.29, 1.82) is 5.26 Å². The topological polar surface area (TPSA) is 63.7 Å². The van der Waals surface area contributed by atoms with Crippen molar-refractivity contribution in [3.05, 3.63) is 60.2 Å². The van der Waals surface area contributed by atoms with E-state index in [1.54, 1.807) is 23.9 Å². The molecule has 0 N–H and O–H groups in total. The van der Waals surface area contributed by atoms with Crippen LogP contribution in [0.5, 0.6) is 5.75 Å². The Balaban J connectivity index is 1.58. The van der Waals surface area contributed by atoms with E-state index in [0.29, 0.717) is 12.2 Å². The molecule has 126 valence electrons. The maximum atomic E-state index is 8.79. The molecule has 0 aliphatic carbocycles. The van der Waals surface area contributed by atoms with Gasteiger partial charge in [-0.2, -0.15) is 5.26 Å². The van der Waals surface area contributed by atoms with Gasteiger partial charge in [0, 0.05) is 17.9 Å². The average molecular weight is 350 g/mol. The van der Waals surface area contributed by atoms with Crippen molar-refractivity contribution < 1.29 is 4.74 Å². The fraction of sp³-hybridized carbons (Fsp3) is 0.211. The summed E-state index contributed by atoms with van der Waals surface area (Å²) in [6.07, 6.45) is 0. The monoisotopic (exact) mass is 350 g/mol. The lowest BCUT2D eigenvalue weighted by Crippen LogP contribution is -2.03. The van der Waals surface area contributed by atoms with Gasteiger partial charge in [0.15, 0.2) is 11.0 Å². The summed E-state index contributed by atoms with van der Waals surface area (Å²) in [5.41, 5.74) is 1.70. The Bertz CT molecular complexity index is 853. The number of ether oxygens (including phenoxy) is 1. The summed E-state index contributed by atoms with van der Waals surface area (Å²) in [7, 11) is 0. The van der Waals surface area contributed by atoms with Crippen molar-refractivity contribution in [2.45, 2.75) is 18.6 Å². The van der Waals surface area contributed by atoms with Crippen LogP contribution < -0.4 is 4.74 Å². The van der Waals surface area contributed by atoms with Gasteiger partial charge in [-0.25, -0.2) is 0 Å². The van der Waals surface area contributed by atoms with Gasteiger partial charge in [-0.05, 0) is 31.2 Å². The number of aromatic nitrogens is 3. The van der Waals surface area contributed by atoms with Crippen LogP contribution in [0.1, 0.15) is 12.5 Å². The Hall–Kier alpha value is -2.78. The lowest BCUT2D eigenvalue weighted by molar-refractivity contribution is 0.344. The Morgan fingerprint density at radius 3 is 2.52 bits per heavy atom. The SMILES string of the molecule is CCn1c(SCCOc2ccc(C#N)cc2)nnc1-c1ccccc1. The molecule has 5 nitrogen and oxygen atoms in total. The molecular weight excluding hydrogens is 332 g/mol. The van der Waals surface area contributed by atoms with Crippen LogP contribution >= 0.6 is 11.8 Å².